The van der Waals surface area contributed by atoms with Crippen LogP contribution in [0, 0.1) is 0 Å². The standard InChI is InChI=1S/C26H21N3O5/c1-26(2)25(32)28-19-10-5-6-11-21(19)29(26)23(30)15-34-24(31)17-14-20(22-12-7-13-33-22)27-18-9-4-3-8-16(17)18/h3-14H,15H2,1-2H3,(H,28,32). The van der Waals surface area contributed by atoms with E-state index < -0.39 is 24.0 Å². The molecule has 0 atom stereocenters. The van der Waals surface area contributed by atoms with Crippen LogP contribution in [-0.2, 0) is 14.3 Å². The molecule has 0 saturated heterocycles. The second kappa shape index (κ2) is 8.15. The molecule has 3 heterocycles. The van der Waals surface area contributed by atoms with Crippen LogP contribution in [0.15, 0.2) is 77.4 Å². The van der Waals surface area contributed by atoms with Crippen LogP contribution in [0.25, 0.3) is 22.4 Å². The first kappa shape index (κ1) is 21.4. The Morgan fingerprint density at radius 3 is 2.62 bits per heavy atom. The van der Waals surface area contributed by atoms with Gasteiger partial charge >= 0.3 is 5.97 Å². The highest BCUT2D eigenvalue weighted by Gasteiger charge is 2.43. The number of hydrogen-bond donors (Lipinski definition) is 1. The van der Waals surface area contributed by atoms with E-state index in [4.69, 9.17) is 9.15 Å². The number of hydrogen-bond acceptors (Lipinski definition) is 6. The number of carbonyl (C=O) groups excluding carboxylic acids is 3. The molecule has 8 nitrogen and oxygen atoms in total. The maximum absolute atomic E-state index is 13.2. The first-order chi connectivity index (χ1) is 16.4. The van der Waals surface area contributed by atoms with Crippen LogP contribution >= 0.6 is 0 Å². The predicted molar refractivity (Wildman–Crippen MR) is 126 cm³/mol. The Morgan fingerprint density at radius 1 is 1.06 bits per heavy atom. The molecule has 0 bridgehead atoms. The fraction of sp³-hybridized carbons (Fsp3) is 0.154. The van der Waals surface area contributed by atoms with Gasteiger partial charge in [0.2, 0.25) is 5.91 Å². The first-order valence-corrected chi connectivity index (χ1v) is 10.7. The molecule has 0 unspecified atom stereocenters. The summed E-state index contributed by atoms with van der Waals surface area (Å²) in [6, 6.07) is 19.2. The van der Waals surface area contributed by atoms with Gasteiger partial charge in [0.1, 0.15) is 11.2 Å². The summed E-state index contributed by atoms with van der Waals surface area (Å²) < 4.78 is 10.9. The van der Waals surface area contributed by atoms with Gasteiger partial charge in [-0.1, -0.05) is 30.3 Å². The van der Waals surface area contributed by atoms with Crippen molar-refractivity contribution in [2.75, 3.05) is 16.8 Å². The van der Waals surface area contributed by atoms with Crippen molar-refractivity contribution in [1.82, 2.24) is 4.98 Å². The minimum Gasteiger partial charge on any atom is -0.463 e. The number of amides is 2. The monoisotopic (exact) mass is 455 g/mol. The van der Waals surface area contributed by atoms with Crippen molar-refractivity contribution in [3.8, 4) is 11.5 Å². The second-order valence-electron chi connectivity index (χ2n) is 8.39. The van der Waals surface area contributed by atoms with Crippen LogP contribution < -0.4 is 10.2 Å². The fourth-order valence-corrected chi connectivity index (χ4v) is 4.06. The van der Waals surface area contributed by atoms with Gasteiger partial charge in [0.05, 0.1) is 28.7 Å². The molecule has 4 aromatic rings. The van der Waals surface area contributed by atoms with Crippen molar-refractivity contribution >= 4 is 40.1 Å². The number of nitrogens with zero attached hydrogens (tertiary/aromatic N) is 2. The highest BCUT2D eigenvalue weighted by molar-refractivity contribution is 6.14. The van der Waals surface area contributed by atoms with E-state index in [1.807, 2.05) is 6.07 Å². The van der Waals surface area contributed by atoms with E-state index in [1.54, 1.807) is 74.5 Å². The number of anilines is 2. The Labute approximate surface area is 195 Å². The van der Waals surface area contributed by atoms with Gasteiger partial charge in [0.25, 0.3) is 5.91 Å². The molecule has 0 radical (unpaired) electrons. The van der Waals surface area contributed by atoms with Crippen molar-refractivity contribution in [2.24, 2.45) is 0 Å². The van der Waals surface area contributed by atoms with Gasteiger partial charge < -0.3 is 14.5 Å². The summed E-state index contributed by atoms with van der Waals surface area (Å²) >= 11 is 0. The molecule has 0 fully saturated rings. The summed E-state index contributed by atoms with van der Waals surface area (Å²) in [5.41, 5.74) is 1.24. The molecule has 0 spiro atoms. The van der Waals surface area contributed by atoms with Crippen molar-refractivity contribution in [3.05, 3.63) is 78.6 Å². The topological polar surface area (TPSA) is 102 Å². The summed E-state index contributed by atoms with van der Waals surface area (Å²) in [4.78, 5) is 44.9. The van der Waals surface area contributed by atoms with E-state index in [1.165, 1.54) is 11.2 Å². The van der Waals surface area contributed by atoms with Crippen LogP contribution in [-0.4, -0.2) is 34.9 Å². The Balaban J connectivity index is 1.44. The van der Waals surface area contributed by atoms with Crippen molar-refractivity contribution < 1.29 is 23.5 Å². The molecule has 2 aromatic heterocycles. The lowest BCUT2D eigenvalue weighted by Gasteiger charge is -2.41. The summed E-state index contributed by atoms with van der Waals surface area (Å²) in [7, 11) is 0. The lowest BCUT2D eigenvalue weighted by Crippen LogP contribution is -2.59. The Kier molecular flexibility index (Phi) is 5.13. The van der Waals surface area contributed by atoms with E-state index >= 15 is 0 Å². The molecule has 0 saturated carbocycles. The molecule has 1 aliphatic heterocycles. The quantitative estimate of drug-likeness (QED) is 0.457. The van der Waals surface area contributed by atoms with Crippen LogP contribution in [0.3, 0.4) is 0 Å². The van der Waals surface area contributed by atoms with Crippen LogP contribution in [0.2, 0.25) is 0 Å². The minimum absolute atomic E-state index is 0.265. The zero-order valence-corrected chi connectivity index (χ0v) is 18.6. The number of nitrogens with one attached hydrogen (secondary N) is 1. The van der Waals surface area contributed by atoms with Gasteiger partial charge in [0.15, 0.2) is 12.4 Å². The molecule has 2 amide bonds. The van der Waals surface area contributed by atoms with Crippen LogP contribution in [0.5, 0.6) is 0 Å². The molecular formula is C26H21N3O5. The maximum atomic E-state index is 13.2. The summed E-state index contributed by atoms with van der Waals surface area (Å²) in [6.07, 6.45) is 1.53. The lowest BCUT2D eigenvalue weighted by molar-refractivity contribution is -0.128. The molecule has 1 aliphatic rings. The highest BCUT2D eigenvalue weighted by atomic mass is 16.5. The van der Waals surface area contributed by atoms with Crippen molar-refractivity contribution in [2.45, 2.75) is 19.4 Å². The van der Waals surface area contributed by atoms with Gasteiger partial charge in [-0.25, -0.2) is 9.78 Å². The van der Waals surface area contributed by atoms with Crippen LogP contribution in [0.4, 0.5) is 11.4 Å². The molecule has 0 aliphatic carbocycles. The third kappa shape index (κ3) is 3.59. The van der Waals surface area contributed by atoms with Gasteiger partial charge in [-0.2, -0.15) is 0 Å². The van der Waals surface area contributed by atoms with E-state index in [9.17, 15) is 14.4 Å². The average Bonchev–Trinajstić information content (AvgIpc) is 3.37. The van der Waals surface area contributed by atoms with Crippen molar-refractivity contribution in [3.63, 3.8) is 0 Å². The van der Waals surface area contributed by atoms with Crippen molar-refractivity contribution in [1.29, 1.82) is 0 Å². The lowest BCUT2D eigenvalue weighted by atomic mass is 9.96. The molecule has 2 aromatic carbocycles. The largest absolute Gasteiger partial charge is 0.463 e. The summed E-state index contributed by atoms with van der Waals surface area (Å²) in [6.45, 7) is 2.75. The van der Waals surface area contributed by atoms with E-state index in [-0.39, 0.29) is 11.5 Å². The Bertz CT molecular complexity index is 1430. The number of para-hydroxylation sites is 3. The van der Waals surface area contributed by atoms with Gasteiger partial charge in [-0.15, -0.1) is 0 Å². The molecule has 34 heavy (non-hydrogen) atoms. The number of benzene rings is 2. The van der Waals surface area contributed by atoms with E-state index in [2.05, 4.69) is 10.3 Å². The highest BCUT2D eigenvalue weighted by Crippen LogP contribution is 2.36. The van der Waals surface area contributed by atoms with Gasteiger partial charge in [-0.3, -0.25) is 14.5 Å². The van der Waals surface area contributed by atoms with Gasteiger partial charge in [0, 0.05) is 5.39 Å². The zero-order chi connectivity index (χ0) is 23.9. The third-order valence-corrected chi connectivity index (χ3v) is 5.79. The molecule has 5 rings (SSSR count). The Morgan fingerprint density at radius 2 is 1.82 bits per heavy atom. The summed E-state index contributed by atoms with van der Waals surface area (Å²) in [5.74, 6) is -1.000. The number of fused-ring (bicyclic) bond motifs is 2. The first-order valence-electron chi connectivity index (χ1n) is 10.7. The summed E-state index contributed by atoms with van der Waals surface area (Å²) in [5, 5.41) is 3.40. The number of furan rings is 1. The molecule has 170 valence electrons. The third-order valence-electron chi connectivity index (χ3n) is 5.79. The minimum atomic E-state index is -1.16. The van der Waals surface area contributed by atoms with Crippen LogP contribution in [0.1, 0.15) is 24.2 Å². The number of aromatic nitrogens is 1. The fourth-order valence-electron chi connectivity index (χ4n) is 4.06. The van der Waals surface area contributed by atoms with E-state index in [0.29, 0.717) is 33.7 Å². The normalized spacial score (nSPS) is 14.4. The number of pyridine rings is 1. The molecule has 1 N–H and O–H groups in total. The smallest absolute Gasteiger partial charge is 0.339 e. The average molecular weight is 455 g/mol. The second-order valence-corrected chi connectivity index (χ2v) is 8.39. The van der Waals surface area contributed by atoms with E-state index in [0.717, 1.165) is 0 Å². The zero-order valence-electron chi connectivity index (χ0n) is 18.6. The molecule has 8 heteroatoms. The van der Waals surface area contributed by atoms with Gasteiger partial charge in [-0.05, 0) is 50.2 Å². The predicted octanol–water partition coefficient (Wildman–Crippen LogP) is 4.42. The maximum Gasteiger partial charge on any atom is 0.339 e. The number of ether oxygens (including phenoxy) is 1. The number of carbonyl (C=O) groups is 3. The number of rotatable bonds is 4. The number of esters is 1. The Hall–Kier alpha value is -4.46. The SMILES string of the molecule is CC1(C)C(=O)Nc2ccccc2N1C(=O)COC(=O)c1cc(-c2ccco2)nc2ccccc12. The molecular weight excluding hydrogens is 434 g/mol.